The number of carbonyl (C=O) groups is 2. The molecule has 0 heterocycles. The van der Waals surface area contributed by atoms with Gasteiger partial charge in [-0.15, -0.1) is 0 Å². The van der Waals surface area contributed by atoms with Crippen LogP contribution in [0, 0.1) is 0 Å². The van der Waals surface area contributed by atoms with Gasteiger partial charge in [0.15, 0.2) is 18.1 Å². The molecule has 0 saturated carbocycles. The van der Waals surface area contributed by atoms with E-state index in [1.807, 2.05) is 6.92 Å². The molecule has 0 saturated heterocycles. The van der Waals surface area contributed by atoms with E-state index in [9.17, 15) is 9.59 Å². The molecule has 6 nitrogen and oxygen atoms in total. The largest absolute Gasteiger partial charge is 0.493 e. The van der Waals surface area contributed by atoms with E-state index in [1.54, 1.807) is 0 Å². The molecule has 0 aromatic heterocycles. The first-order chi connectivity index (χ1) is 11.5. The molecule has 0 radical (unpaired) electrons. The summed E-state index contributed by atoms with van der Waals surface area (Å²) >= 11 is 6.18. The van der Waals surface area contributed by atoms with Crippen LogP contribution in [0.1, 0.15) is 43.5 Å². The molecule has 1 aromatic rings. The first-order valence-electron chi connectivity index (χ1n) is 7.97. The highest BCUT2D eigenvalue weighted by atomic mass is 35.5. The van der Waals surface area contributed by atoms with Crippen LogP contribution in [0.25, 0.3) is 0 Å². The summed E-state index contributed by atoms with van der Waals surface area (Å²) in [6.45, 7) is 4.70. The van der Waals surface area contributed by atoms with Gasteiger partial charge in [0, 0.05) is 6.54 Å². The van der Waals surface area contributed by atoms with Crippen molar-refractivity contribution in [3.05, 3.63) is 22.7 Å². The molecule has 1 amide bonds. The average Bonchev–Trinajstić information content (AvgIpc) is 2.58. The van der Waals surface area contributed by atoms with Gasteiger partial charge in [0.1, 0.15) is 0 Å². The quantitative estimate of drug-likeness (QED) is 0.514. The number of nitrogens with one attached hydrogen (secondary N) is 1. The lowest BCUT2D eigenvalue weighted by Crippen LogP contribution is -2.29. The Hall–Kier alpha value is -1.95. The van der Waals surface area contributed by atoms with Gasteiger partial charge in [-0.05, 0) is 25.0 Å². The summed E-state index contributed by atoms with van der Waals surface area (Å²) in [5.41, 5.74) is 0.197. The lowest BCUT2D eigenvalue weighted by Gasteiger charge is -2.13. The summed E-state index contributed by atoms with van der Waals surface area (Å²) < 4.78 is 15.8. The Morgan fingerprint density at radius 1 is 1.21 bits per heavy atom. The lowest BCUT2D eigenvalue weighted by molar-refractivity contribution is -0.124. The fraction of sp³-hybridized carbons (Fsp3) is 0.529. The zero-order valence-electron chi connectivity index (χ0n) is 14.3. The summed E-state index contributed by atoms with van der Waals surface area (Å²) in [7, 11) is 1.46. The topological polar surface area (TPSA) is 73.9 Å². The standard InChI is InChI=1S/C17H24ClNO5/c1-4-6-8-23-16-13(18)9-12(10-14(16)22-3)17(21)24-11-15(20)19-7-5-2/h9-10H,4-8,11H2,1-3H3,(H,19,20). The van der Waals surface area contributed by atoms with Gasteiger partial charge in [-0.1, -0.05) is 31.9 Å². The minimum atomic E-state index is -0.651. The molecular weight excluding hydrogens is 334 g/mol. The molecule has 1 N–H and O–H groups in total. The van der Waals surface area contributed by atoms with Crippen molar-refractivity contribution in [2.24, 2.45) is 0 Å². The van der Waals surface area contributed by atoms with Crippen molar-refractivity contribution < 1.29 is 23.8 Å². The van der Waals surface area contributed by atoms with Crippen LogP contribution in [0.3, 0.4) is 0 Å². The van der Waals surface area contributed by atoms with Gasteiger partial charge in [0.05, 0.1) is 24.3 Å². The monoisotopic (exact) mass is 357 g/mol. The van der Waals surface area contributed by atoms with Crippen LogP contribution < -0.4 is 14.8 Å². The maximum Gasteiger partial charge on any atom is 0.338 e. The van der Waals surface area contributed by atoms with E-state index < -0.39 is 5.97 Å². The summed E-state index contributed by atoms with van der Waals surface area (Å²) in [5.74, 6) is -0.254. The van der Waals surface area contributed by atoms with Crippen molar-refractivity contribution >= 4 is 23.5 Å². The molecule has 134 valence electrons. The molecule has 0 aliphatic carbocycles. The van der Waals surface area contributed by atoms with Gasteiger partial charge in [-0.3, -0.25) is 4.79 Å². The number of esters is 1. The number of hydrogen-bond donors (Lipinski definition) is 1. The number of rotatable bonds is 10. The van der Waals surface area contributed by atoms with Gasteiger partial charge in [-0.2, -0.15) is 0 Å². The zero-order chi connectivity index (χ0) is 17.9. The molecule has 0 unspecified atom stereocenters. The van der Waals surface area contributed by atoms with Gasteiger partial charge >= 0.3 is 5.97 Å². The molecule has 0 spiro atoms. The van der Waals surface area contributed by atoms with Gasteiger partial charge in [0.2, 0.25) is 0 Å². The second kappa shape index (κ2) is 10.8. The van der Waals surface area contributed by atoms with Gasteiger partial charge < -0.3 is 19.5 Å². The molecular formula is C17H24ClNO5. The lowest BCUT2D eigenvalue weighted by atomic mass is 10.2. The number of halogens is 1. The second-order valence-electron chi connectivity index (χ2n) is 5.12. The average molecular weight is 358 g/mol. The van der Waals surface area contributed by atoms with Crippen LogP contribution in [-0.4, -0.2) is 38.7 Å². The summed E-state index contributed by atoms with van der Waals surface area (Å²) in [5, 5.41) is 2.88. The van der Waals surface area contributed by atoms with Crippen LogP contribution in [-0.2, 0) is 9.53 Å². The number of methoxy groups -OCH3 is 1. The number of benzene rings is 1. The highest BCUT2D eigenvalue weighted by molar-refractivity contribution is 6.32. The van der Waals surface area contributed by atoms with Crippen molar-refractivity contribution in [2.75, 3.05) is 26.9 Å². The molecule has 1 rings (SSSR count). The third-order valence-corrected chi connectivity index (χ3v) is 3.40. The zero-order valence-corrected chi connectivity index (χ0v) is 15.1. The van der Waals surface area contributed by atoms with Gasteiger partial charge in [-0.25, -0.2) is 4.79 Å². The van der Waals surface area contributed by atoms with E-state index in [-0.39, 0.29) is 23.1 Å². The number of unbranched alkanes of at least 4 members (excludes halogenated alkanes) is 1. The van der Waals surface area contributed by atoms with Crippen molar-refractivity contribution in [1.82, 2.24) is 5.32 Å². The molecule has 0 atom stereocenters. The van der Waals surface area contributed by atoms with Crippen LogP contribution in [0.2, 0.25) is 5.02 Å². The Morgan fingerprint density at radius 2 is 1.96 bits per heavy atom. The number of amides is 1. The van der Waals surface area contributed by atoms with Crippen LogP contribution in [0.5, 0.6) is 11.5 Å². The first-order valence-corrected chi connectivity index (χ1v) is 8.35. The molecule has 0 fully saturated rings. The maximum absolute atomic E-state index is 12.1. The minimum Gasteiger partial charge on any atom is -0.493 e. The van der Waals surface area contributed by atoms with Crippen molar-refractivity contribution in [2.45, 2.75) is 33.1 Å². The summed E-state index contributed by atoms with van der Waals surface area (Å²) in [4.78, 5) is 23.5. The molecule has 0 aliphatic heterocycles. The molecule has 0 aliphatic rings. The Kier molecular flexibility index (Phi) is 9.01. The normalized spacial score (nSPS) is 10.2. The smallest absolute Gasteiger partial charge is 0.338 e. The minimum absolute atomic E-state index is 0.197. The Balaban J connectivity index is 2.75. The summed E-state index contributed by atoms with van der Waals surface area (Å²) in [6.07, 6.45) is 2.69. The fourth-order valence-electron chi connectivity index (χ4n) is 1.83. The fourth-order valence-corrected chi connectivity index (χ4v) is 2.09. The predicted octanol–water partition coefficient (Wildman–Crippen LogP) is 3.21. The third-order valence-electron chi connectivity index (χ3n) is 3.12. The maximum atomic E-state index is 12.1. The third kappa shape index (κ3) is 6.28. The van der Waals surface area contributed by atoms with E-state index in [0.717, 1.165) is 19.3 Å². The van der Waals surface area contributed by atoms with Crippen molar-refractivity contribution in [1.29, 1.82) is 0 Å². The molecule has 0 bridgehead atoms. The summed E-state index contributed by atoms with van der Waals surface area (Å²) in [6, 6.07) is 2.93. The number of hydrogen-bond acceptors (Lipinski definition) is 5. The van der Waals surface area contributed by atoms with Crippen LogP contribution in [0.15, 0.2) is 12.1 Å². The SMILES string of the molecule is CCCCOc1c(Cl)cc(C(=O)OCC(=O)NCCC)cc1OC. The van der Waals surface area contributed by atoms with E-state index in [4.69, 9.17) is 25.8 Å². The molecule has 24 heavy (non-hydrogen) atoms. The highest BCUT2D eigenvalue weighted by Crippen LogP contribution is 2.36. The van der Waals surface area contributed by atoms with E-state index in [1.165, 1.54) is 19.2 Å². The second-order valence-corrected chi connectivity index (χ2v) is 5.52. The number of ether oxygens (including phenoxy) is 3. The molecule has 7 heteroatoms. The van der Waals surface area contributed by atoms with E-state index >= 15 is 0 Å². The highest BCUT2D eigenvalue weighted by Gasteiger charge is 2.17. The van der Waals surface area contributed by atoms with E-state index in [2.05, 4.69) is 12.2 Å². The van der Waals surface area contributed by atoms with Crippen molar-refractivity contribution in [3.63, 3.8) is 0 Å². The molecule has 1 aromatic carbocycles. The predicted molar refractivity (Wildman–Crippen MR) is 92.0 cm³/mol. The van der Waals surface area contributed by atoms with Gasteiger partial charge in [0.25, 0.3) is 5.91 Å². The first kappa shape index (κ1) is 20.1. The Morgan fingerprint density at radius 3 is 2.58 bits per heavy atom. The Bertz CT molecular complexity index is 562. The number of carbonyl (C=O) groups excluding carboxylic acids is 2. The Labute approximate surface area is 147 Å². The van der Waals surface area contributed by atoms with Crippen LogP contribution in [0.4, 0.5) is 0 Å². The van der Waals surface area contributed by atoms with E-state index in [0.29, 0.717) is 24.7 Å². The van der Waals surface area contributed by atoms with Crippen molar-refractivity contribution in [3.8, 4) is 11.5 Å². The van der Waals surface area contributed by atoms with Crippen LogP contribution >= 0.6 is 11.6 Å².